The first-order valence-electron chi connectivity index (χ1n) is 3.32. The van der Waals surface area contributed by atoms with Crippen LogP contribution in [0.15, 0.2) is 0 Å². The van der Waals surface area contributed by atoms with Gasteiger partial charge in [-0.05, 0) is 20.8 Å². The molecule has 1 heterocycles. The van der Waals surface area contributed by atoms with Gasteiger partial charge in [-0.15, -0.1) is 0 Å². The molecule has 0 aliphatic heterocycles. The number of H-pyrrole nitrogens is 1. The lowest BCUT2D eigenvalue weighted by atomic mass is 10.1. The number of nitrogens with zero attached hydrogens (tertiary/aromatic N) is 1. The number of hydrogen-bond acceptors (Lipinski definition) is 2. The minimum absolute atomic E-state index is 0.418. The van der Waals surface area contributed by atoms with Gasteiger partial charge in [-0.3, -0.25) is 5.10 Å². The van der Waals surface area contributed by atoms with E-state index in [1.54, 1.807) is 6.92 Å². The summed E-state index contributed by atoms with van der Waals surface area (Å²) in [6.07, 6.45) is -0.418. The number of aryl methyl sites for hydroxylation is 2. The van der Waals surface area contributed by atoms with Crippen molar-refractivity contribution in [3.63, 3.8) is 0 Å². The van der Waals surface area contributed by atoms with E-state index in [9.17, 15) is 5.11 Å². The molecule has 2 N–H and O–H groups in total. The van der Waals surface area contributed by atoms with Gasteiger partial charge in [-0.1, -0.05) is 0 Å². The van der Waals surface area contributed by atoms with Gasteiger partial charge in [0.05, 0.1) is 11.8 Å². The molecule has 0 aliphatic rings. The van der Waals surface area contributed by atoms with Gasteiger partial charge in [-0.2, -0.15) is 5.10 Å². The summed E-state index contributed by atoms with van der Waals surface area (Å²) in [7, 11) is 0. The van der Waals surface area contributed by atoms with Crippen molar-refractivity contribution in [2.24, 2.45) is 0 Å². The Labute approximate surface area is 60.1 Å². The Morgan fingerprint density at radius 2 is 2.10 bits per heavy atom. The zero-order chi connectivity index (χ0) is 7.72. The Kier molecular flexibility index (Phi) is 1.76. The molecule has 0 unspecified atom stereocenters. The number of rotatable bonds is 1. The van der Waals surface area contributed by atoms with Crippen molar-refractivity contribution in [3.8, 4) is 0 Å². The standard InChI is InChI=1S/C7H12N2O/c1-4-7(6(3)10)5(2)9-8-4/h6,10H,1-3H3,(H,8,9)/t6-/m0/s1. The van der Waals surface area contributed by atoms with E-state index >= 15 is 0 Å². The average Bonchev–Trinajstić information content (AvgIpc) is 2.11. The predicted molar refractivity (Wildman–Crippen MR) is 38.7 cm³/mol. The second kappa shape index (κ2) is 2.42. The van der Waals surface area contributed by atoms with E-state index in [2.05, 4.69) is 10.2 Å². The van der Waals surface area contributed by atoms with Crippen molar-refractivity contribution >= 4 is 0 Å². The summed E-state index contributed by atoms with van der Waals surface area (Å²) >= 11 is 0. The first-order valence-corrected chi connectivity index (χ1v) is 3.32. The monoisotopic (exact) mass is 140 g/mol. The van der Waals surface area contributed by atoms with E-state index in [1.807, 2.05) is 13.8 Å². The Bertz CT molecular complexity index is 208. The highest BCUT2D eigenvalue weighted by atomic mass is 16.3. The molecule has 1 aromatic rings. The maximum atomic E-state index is 9.21. The lowest BCUT2D eigenvalue weighted by Crippen LogP contribution is -1.93. The Balaban J connectivity index is 3.10. The van der Waals surface area contributed by atoms with Gasteiger partial charge < -0.3 is 5.11 Å². The molecule has 3 nitrogen and oxygen atoms in total. The fraction of sp³-hybridized carbons (Fsp3) is 0.571. The molecular formula is C7H12N2O. The molecule has 0 saturated carbocycles. The van der Waals surface area contributed by atoms with Crippen molar-refractivity contribution in [2.45, 2.75) is 26.9 Å². The lowest BCUT2D eigenvalue weighted by molar-refractivity contribution is 0.198. The minimum atomic E-state index is -0.418. The normalized spacial score (nSPS) is 13.6. The number of aromatic nitrogens is 2. The summed E-state index contributed by atoms with van der Waals surface area (Å²) in [6.45, 7) is 5.53. The van der Waals surface area contributed by atoms with Gasteiger partial charge >= 0.3 is 0 Å². The molecule has 1 atom stereocenters. The van der Waals surface area contributed by atoms with Crippen molar-refractivity contribution in [1.82, 2.24) is 10.2 Å². The highest BCUT2D eigenvalue weighted by Crippen LogP contribution is 2.17. The Hall–Kier alpha value is -0.830. The summed E-state index contributed by atoms with van der Waals surface area (Å²) in [5, 5.41) is 16.0. The van der Waals surface area contributed by atoms with E-state index in [-0.39, 0.29) is 0 Å². The van der Waals surface area contributed by atoms with Gasteiger partial charge in [0.1, 0.15) is 0 Å². The lowest BCUT2D eigenvalue weighted by Gasteiger charge is -2.02. The van der Waals surface area contributed by atoms with Gasteiger partial charge in [0, 0.05) is 11.3 Å². The number of hydrogen-bond donors (Lipinski definition) is 2. The second-order valence-electron chi connectivity index (χ2n) is 2.52. The van der Waals surface area contributed by atoms with Gasteiger partial charge in [-0.25, -0.2) is 0 Å². The van der Waals surface area contributed by atoms with Gasteiger partial charge in [0.2, 0.25) is 0 Å². The largest absolute Gasteiger partial charge is 0.389 e. The summed E-state index contributed by atoms with van der Waals surface area (Å²) in [4.78, 5) is 0. The Morgan fingerprint density at radius 3 is 2.30 bits per heavy atom. The maximum Gasteiger partial charge on any atom is 0.0797 e. The van der Waals surface area contributed by atoms with Crippen molar-refractivity contribution in [1.29, 1.82) is 0 Å². The van der Waals surface area contributed by atoms with Crippen molar-refractivity contribution in [2.75, 3.05) is 0 Å². The fourth-order valence-electron chi connectivity index (χ4n) is 1.18. The topological polar surface area (TPSA) is 48.9 Å². The smallest absolute Gasteiger partial charge is 0.0797 e. The van der Waals surface area contributed by atoms with Crippen molar-refractivity contribution < 1.29 is 5.11 Å². The molecule has 0 aliphatic carbocycles. The number of nitrogens with one attached hydrogen (secondary N) is 1. The zero-order valence-electron chi connectivity index (χ0n) is 6.47. The molecule has 0 fully saturated rings. The van der Waals surface area contributed by atoms with Crippen LogP contribution < -0.4 is 0 Å². The van der Waals surface area contributed by atoms with E-state index in [4.69, 9.17) is 0 Å². The molecule has 0 aromatic carbocycles. The fourth-order valence-corrected chi connectivity index (χ4v) is 1.18. The molecular weight excluding hydrogens is 128 g/mol. The summed E-state index contributed by atoms with van der Waals surface area (Å²) in [5.41, 5.74) is 2.75. The minimum Gasteiger partial charge on any atom is -0.389 e. The predicted octanol–water partition coefficient (Wildman–Crippen LogP) is 1.08. The SMILES string of the molecule is Cc1n[nH]c(C)c1[C@H](C)O. The van der Waals surface area contributed by atoms with Crippen LogP contribution in [0.4, 0.5) is 0 Å². The quantitative estimate of drug-likeness (QED) is 0.613. The van der Waals surface area contributed by atoms with E-state index in [1.165, 1.54) is 0 Å². The summed E-state index contributed by atoms with van der Waals surface area (Å²) < 4.78 is 0. The highest BCUT2D eigenvalue weighted by Gasteiger charge is 2.10. The molecule has 1 rings (SSSR count). The highest BCUT2D eigenvalue weighted by molar-refractivity contribution is 5.24. The molecule has 0 saturated heterocycles. The zero-order valence-corrected chi connectivity index (χ0v) is 6.47. The van der Waals surface area contributed by atoms with Crippen LogP contribution in [0.25, 0.3) is 0 Å². The third-order valence-electron chi connectivity index (χ3n) is 1.60. The van der Waals surface area contributed by atoms with Gasteiger partial charge in [0.15, 0.2) is 0 Å². The van der Waals surface area contributed by atoms with Crippen LogP contribution in [0.3, 0.4) is 0 Å². The maximum absolute atomic E-state index is 9.21. The number of aromatic amines is 1. The molecule has 0 radical (unpaired) electrons. The molecule has 0 spiro atoms. The molecule has 3 heteroatoms. The molecule has 0 bridgehead atoms. The first kappa shape index (κ1) is 7.28. The van der Waals surface area contributed by atoms with Crippen LogP contribution in [0.2, 0.25) is 0 Å². The molecule has 56 valence electrons. The van der Waals surface area contributed by atoms with E-state index < -0.39 is 6.10 Å². The number of aliphatic hydroxyl groups excluding tert-OH is 1. The third-order valence-corrected chi connectivity index (χ3v) is 1.60. The van der Waals surface area contributed by atoms with Gasteiger partial charge in [0.25, 0.3) is 0 Å². The first-order chi connectivity index (χ1) is 4.63. The summed E-state index contributed by atoms with van der Waals surface area (Å²) in [5.74, 6) is 0. The van der Waals surface area contributed by atoms with Crippen LogP contribution in [-0.4, -0.2) is 15.3 Å². The van der Waals surface area contributed by atoms with Crippen molar-refractivity contribution in [3.05, 3.63) is 17.0 Å². The van der Waals surface area contributed by atoms with Crippen LogP contribution in [0.1, 0.15) is 30.0 Å². The average molecular weight is 140 g/mol. The van der Waals surface area contributed by atoms with Crippen LogP contribution in [0.5, 0.6) is 0 Å². The Morgan fingerprint density at radius 1 is 1.50 bits per heavy atom. The molecule has 1 aromatic heterocycles. The van der Waals surface area contributed by atoms with Crippen LogP contribution in [0, 0.1) is 13.8 Å². The molecule has 0 amide bonds. The number of aliphatic hydroxyl groups is 1. The molecule has 10 heavy (non-hydrogen) atoms. The third kappa shape index (κ3) is 1.04. The van der Waals surface area contributed by atoms with Crippen LogP contribution in [-0.2, 0) is 0 Å². The van der Waals surface area contributed by atoms with E-state index in [0.717, 1.165) is 17.0 Å². The van der Waals surface area contributed by atoms with Crippen LogP contribution >= 0.6 is 0 Å². The summed E-state index contributed by atoms with van der Waals surface area (Å²) in [6, 6.07) is 0. The second-order valence-corrected chi connectivity index (χ2v) is 2.52. The van der Waals surface area contributed by atoms with E-state index in [0.29, 0.717) is 0 Å².